The molecule has 0 saturated carbocycles. The number of hydrogen-bond donors (Lipinski definition) is 2. The first kappa shape index (κ1) is 28.3. The van der Waals surface area contributed by atoms with Crippen LogP contribution in [0.3, 0.4) is 0 Å². The van der Waals surface area contributed by atoms with Crippen LogP contribution in [-0.2, 0) is 19.5 Å². The van der Waals surface area contributed by atoms with Gasteiger partial charge in [0.15, 0.2) is 0 Å². The van der Waals surface area contributed by atoms with Crippen LogP contribution in [0, 0.1) is 17.3 Å². The number of carbonyl (C=O) groups excluding carboxylic acids is 2. The average molecular weight is 560 g/mol. The second-order valence-corrected chi connectivity index (χ2v) is 10.2. The molecule has 1 aliphatic heterocycles. The van der Waals surface area contributed by atoms with Gasteiger partial charge in [0.1, 0.15) is 17.7 Å². The van der Waals surface area contributed by atoms with E-state index in [9.17, 15) is 35.6 Å². The predicted molar refractivity (Wildman–Crippen MR) is 122 cm³/mol. The molecule has 2 amide bonds. The quantitative estimate of drug-likeness (QED) is 0.400. The van der Waals surface area contributed by atoms with Crippen molar-refractivity contribution in [2.24, 2.45) is 0 Å². The zero-order valence-electron chi connectivity index (χ0n) is 19.7. The van der Waals surface area contributed by atoms with Gasteiger partial charge in [-0.15, -0.1) is 5.26 Å². The number of benzene rings is 2. The van der Waals surface area contributed by atoms with E-state index in [0.29, 0.717) is 13.8 Å². The minimum atomic E-state index is -4.85. The van der Waals surface area contributed by atoms with Crippen molar-refractivity contribution in [1.29, 1.82) is 5.26 Å². The van der Waals surface area contributed by atoms with Crippen LogP contribution < -0.4 is 19.7 Å². The first-order chi connectivity index (χ1) is 17.6. The first-order valence-corrected chi connectivity index (χ1v) is 12.1. The molecule has 1 aliphatic rings. The van der Waals surface area contributed by atoms with Crippen molar-refractivity contribution in [2.45, 2.75) is 36.6 Å². The van der Waals surface area contributed by atoms with Crippen molar-refractivity contribution in [1.82, 2.24) is 5.32 Å². The molecular formula is C22H20F4N4O7S. The minimum Gasteiger partial charge on any atom is -0.484 e. The number of nitrogens with one attached hydrogen (secondary N) is 2. The van der Waals surface area contributed by atoms with Crippen molar-refractivity contribution in [3.8, 4) is 12.0 Å². The normalized spacial score (nSPS) is 15.4. The molecule has 1 heterocycles. The number of alkyl carbamates (subject to hydrolysis) is 1. The lowest BCUT2D eigenvalue weighted by Gasteiger charge is -2.35. The second-order valence-electron chi connectivity index (χ2n) is 8.30. The van der Waals surface area contributed by atoms with Gasteiger partial charge in [-0.2, -0.15) is 13.2 Å². The summed E-state index contributed by atoms with van der Waals surface area (Å²) in [5.74, 6) is -0.715. The van der Waals surface area contributed by atoms with Gasteiger partial charge in [0.25, 0.3) is 16.3 Å². The molecule has 0 radical (unpaired) electrons. The van der Waals surface area contributed by atoms with Crippen LogP contribution in [0.15, 0.2) is 47.4 Å². The summed E-state index contributed by atoms with van der Waals surface area (Å²) in [4.78, 5) is 23.3. The molecule has 3 rings (SSSR count). The summed E-state index contributed by atoms with van der Waals surface area (Å²) in [6, 6.07) is 7.51. The predicted octanol–water partition coefficient (Wildman–Crippen LogP) is 3.88. The summed E-state index contributed by atoms with van der Waals surface area (Å²) in [6.45, 7) is 0.637. The third-order valence-corrected chi connectivity index (χ3v) is 6.98. The van der Waals surface area contributed by atoms with Crippen LogP contribution >= 0.6 is 0 Å². The smallest absolute Gasteiger partial charge is 0.427 e. The lowest BCUT2D eigenvalue weighted by Crippen LogP contribution is -2.48. The van der Waals surface area contributed by atoms with Crippen molar-refractivity contribution in [2.75, 3.05) is 22.7 Å². The number of hydrogen-bond acceptors (Lipinski definition) is 8. The molecule has 204 valence electrons. The standard InChI is InChI=1S/C22H20F4N4O7S/c1-21(2,22(24,25)26)37-20(32)29-14-5-8-18-17(9-14)30(11-15(36-18)10-28-19(31)35-12-27)38(33,34)16-6-3-13(23)4-7-16/h3-9,15H,10-11H2,1-2H3,(H,28,31)(H,29,32)/t15-/m0/s1. The molecule has 11 nitrogen and oxygen atoms in total. The van der Waals surface area contributed by atoms with E-state index in [4.69, 9.17) is 10.00 Å². The Balaban J connectivity index is 1.93. The maximum atomic E-state index is 13.4. The Morgan fingerprint density at radius 1 is 1.16 bits per heavy atom. The van der Waals surface area contributed by atoms with Crippen molar-refractivity contribution in [3.05, 3.63) is 48.3 Å². The molecule has 0 aliphatic carbocycles. The van der Waals surface area contributed by atoms with E-state index in [2.05, 4.69) is 20.1 Å². The highest BCUT2D eigenvalue weighted by atomic mass is 32.2. The number of amides is 2. The largest absolute Gasteiger partial charge is 0.484 e. The topological polar surface area (TPSA) is 147 Å². The number of sulfonamides is 1. The van der Waals surface area contributed by atoms with Gasteiger partial charge in [-0.3, -0.25) is 9.62 Å². The van der Waals surface area contributed by atoms with E-state index in [0.717, 1.165) is 34.6 Å². The molecule has 2 aromatic carbocycles. The van der Waals surface area contributed by atoms with E-state index < -0.39 is 52.5 Å². The summed E-state index contributed by atoms with van der Waals surface area (Å²) in [5.41, 5.74) is -3.04. The Bertz CT molecular complexity index is 1360. The molecular weight excluding hydrogens is 540 g/mol. The Labute approximate surface area is 213 Å². The van der Waals surface area contributed by atoms with Crippen molar-refractivity contribution >= 4 is 33.6 Å². The molecule has 16 heteroatoms. The van der Waals surface area contributed by atoms with Gasteiger partial charge in [0.2, 0.25) is 5.60 Å². The monoisotopic (exact) mass is 560 g/mol. The lowest BCUT2D eigenvalue weighted by molar-refractivity contribution is -0.242. The number of anilines is 2. The maximum Gasteiger partial charge on any atom is 0.427 e. The molecule has 0 saturated heterocycles. The Morgan fingerprint density at radius 3 is 2.42 bits per heavy atom. The number of nitriles is 1. The molecule has 0 spiro atoms. The Kier molecular flexibility index (Phi) is 7.91. The molecule has 2 N–H and O–H groups in total. The highest BCUT2D eigenvalue weighted by molar-refractivity contribution is 7.92. The van der Waals surface area contributed by atoms with Crippen LogP contribution in [0.2, 0.25) is 0 Å². The van der Waals surface area contributed by atoms with E-state index in [1.54, 1.807) is 0 Å². The Hall–Kier alpha value is -4.26. The van der Waals surface area contributed by atoms with Crippen LogP contribution in [0.5, 0.6) is 5.75 Å². The zero-order chi connectivity index (χ0) is 28.3. The first-order valence-electron chi connectivity index (χ1n) is 10.6. The minimum absolute atomic E-state index is 0.0306. The lowest BCUT2D eigenvalue weighted by atomic mass is 10.1. The summed E-state index contributed by atoms with van der Waals surface area (Å²) in [7, 11) is -4.37. The number of nitrogens with zero attached hydrogens (tertiary/aromatic N) is 2. The Morgan fingerprint density at radius 2 is 1.82 bits per heavy atom. The molecule has 0 fully saturated rings. The highest BCUT2D eigenvalue weighted by Gasteiger charge is 2.51. The SMILES string of the molecule is CC(C)(OC(=O)Nc1ccc2c(c1)N(S(=O)(=O)c1ccc(F)cc1)C[C@H](CNC(=O)OC#N)O2)C(F)(F)F. The fourth-order valence-electron chi connectivity index (χ4n) is 3.17. The summed E-state index contributed by atoms with van der Waals surface area (Å²) in [6.07, 6.45) is -7.21. The summed E-state index contributed by atoms with van der Waals surface area (Å²) >= 11 is 0. The molecule has 2 aromatic rings. The number of carbonyl (C=O) groups is 2. The van der Waals surface area contributed by atoms with Crippen LogP contribution in [0.4, 0.5) is 38.5 Å². The van der Waals surface area contributed by atoms with Gasteiger partial charge in [-0.25, -0.2) is 22.4 Å². The van der Waals surface area contributed by atoms with E-state index in [1.165, 1.54) is 18.4 Å². The molecule has 1 atom stereocenters. The number of fused-ring (bicyclic) bond motifs is 1. The third-order valence-electron chi connectivity index (χ3n) is 5.18. The van der Waals surface area contributed by atoms with Crippen LogP contribution in [-0.4, -0.2) is 51.6 Å². The molecule has 0 aromatic heterocycles. The zero-order valence-corrected chi connectivity index (χ0v) is 20.5. The highest BCUT2D eigenvalue weighted by Crippen LogP contribution is 2.39. The van der Waals surface area contributed by atoms with Crippen LogP contribution in [0.1, 0.15) is 13.8 Å². The number of ether oxygens (including phenoxy) is 3. The molecule has 38 heavy (non-hydrogen) atoms. The number of rotatable bonds is 6. The van der Waals surface area contributed by atoms with E-state index >= 15 is 0 Å². The second kappa shape index (κ2) is 10.6. The maximum absolute atomic E-state index is 13.4. The van der Waals surface area contributed by atoms with Gasteiger partial charge in [0, 0.05) is 5.69 Å². The fourth-order valence-corrected chi connectivity index (χ4v) is 4.66. The summed E-state index contributed by atoms with van der Waals surface area (Å²) in [5, 5.41) is 12.8. The number of alkyl halides is 3. The third kappa shape index (κ3) is 6.35. The molecule has 0 unspecified atom stereocenters. The van der Waals surface area contributed by atoms with E-state index in [-0.39, 0.29) is 28.6 Å². The average Bonchev–Trinajstić information content (AvgIpc) is 2.81. The van der Waals surface area contributed by atoms with Gasteiger partial charge < -0.3 is 19.5 Å². The van der Waals surface area contributed by atoms with Crippen molar-refractivity contribution < 1.29 is 49.8 Å². The van der Waals surface area contributed by atoms with Crippen LogP contribution in [0.25, 0.3) is 0 Å². The van der Waals surface area contributed by atoms with E-state index in [1.807, 2.05) is 0 Å². The summed E-state index contributed by atoms with van der Waals surface area (Å²) < 4.78 is 94.6. The molecule has 0 bridgehead atoms. The van der Waals surface area contributed by atoms with Gasteiger partial charge >= 0.3 is 18.4 Å². The number of halogens is 4. The van der Waals surface area contributed by atoms with Crippen molar-refractivity contribution in [3.63, 3.8) is 0 Å². The van der Waals surface area contributed by atoms with Gasteiger partial charge in [0.05, 0.1) is 23.7 Å². The fraction of sp³-hybridized carbons (Fsp3) is 0.318. The van der Waals surface area contributed by atoms with Gasteiger partial charge in [-0.05, 0) is 56.3 Å². The van der Waals surface area contributed by atoms with Gasteiger partial charge in [-0.1, -0.05) is 0 Å².